The molecule has 0 spiro atoms. The van der Waals surface area contributed by atoms with E-state index >= 15 is 0 Å². The topological polar surface area (TPSA) is 26.3 Å². The standard InChI is InChI=1S/C18H27O2.3CH3.Sn/c1-8-20-18(19)17-15(12(4)5)9-14(11(2)3)10-16(17)13(6)7;;;;/h8-13H,1-7H3;3*1H3;. The van der Waals surface area contributed by atoms with Gasteiger partial charge in [0.2, 0.25) is 0 Å². The van der Waals surface area contributed by atoms with Crippen LogP contribution in [0.25, 0.3) is 0 Å². The molecule has 0 bridgehead atoms. The van der Waals surface area contributed by atoms with Crippen LogP contribution in [0.2, 0.25) is 14.8 Å². The number of carbonyl (C=O) groups excluding carboxylic acids is 1. The van der Waals surface area contributed by atoms with Crippen molar-refractivity contribution in [1.82, 2.24) is 0 Å². The second kappa shape index (κ2) is 8.25. The van der Waals surface area contributed by atoms with Crippen LogP contribution < -0.4 is 0 Å². The summed E-state index contributed by atoms with van der Waals surface area (Å²) in [6.07, 6.45) is 0. The Morgan fingerprint density at radius 2 is 1.25 bits per heavy atom. The van der Waals surface area contributed by atoms with Gasteiger partial charge in [-0.3, -0.25) is 0 Å². The molecule has 0 heterocycles. The molecule has 24 heavy (non-hydrogen) atoms. The Morgan fingerprint density at radius 1 is 0.833 bits per heavy atom. The first-order valence-electron chi connectivity index (χ1n) is 9.24. The van der Waals surface area contributed by atoms with Crippen LogP contribution in [0.4, 0.5) is 0 Å². The molecular weight excluding hydrogens is 403 g/mol. The molecule has 0 amide bonds. The van der Waals surface area contributed by atoms with Gasteiger partial charge in [0.25, 0.3) is 0 Å². The third-order valence-electron chi connectivity index (χ3n) is 4.84. The first kappa shape index (κ1) is 21.5. The van der Waals surface area contributed by atoms with E-state index in [0.29, 0.717) is 17.8 Å². The summed E-state index contributed by atoms with van der Waals surface area (Å²) in [4.78, 5) is 20.0. The summed E-state index contributed by atoms with van der Waals surface area (Å²) in [6, 6.07) is 4.42. The molecule has 1 aromatic carbocycles. The van der Waals surface area contributed by atoms with Crippen molar-refractivity contribution in [3.05, 3.63) is 34.4 Å². The number of hydrogen-bond donors (Lipinski definition) is 0. The number of rotatable bonds is 6. The molecule has 0 aliphatic heterocycles. The maximum atomic E-state index is 13.0. The molecule has 0 fully saturated rings. The average molecular weight is 439 g/mol. The summed E-state index contributed by atoms with van der Waals surface area (Å²) in [5, 5.41) is 0. The molecule has 0 saturated heterocycles. The molecule has 0 saturated carbocycles. The van der Waals surface area contributed by atoms with Crippen LogP contribution in [0.3, 0.4) is 0 Å². The fourth-order valence-electron chi connectivity index (χ4n) is 2.59. The van der Waals surface area contributed by atoms with Gasteiger partial charge in [-0.2, -0.15) is 0 Å². The van der Waals surface area contributed by atoms with Gasteiger partial charge in [0, 0.05) is 0 Å². The van der Waals surface area contributed by atoms with E-state index in [2.05, 4.69) is 75.4 Å². The molecule has 0 unspecified atom stereocenters. The molecule has 2 nitrogen and oxygen atoms in total. The summed E-state index contributed by atoms with van der Waals surface area (Å²) in [5.74, 6) is 0.931. The third-order valence-corrected chi connectivity index (χ3v) is 12.1. The average Bonchev–Trinajstić information content (AvgIpc) is 2.44. The van der Waals surface area contributed by atoms with Crippen LogP contribution in [0.15, 0.2) is 12.1 Å². The van der Waals surface area contributed by atoms with Crippen LogP contribution in [-0.2, 0) is 4.74 Å². The van der Waals surface area contributed by atoms with E-state index in [0.717, 1.165) is 16.7 Å². The number of ether oxygens (including phenoxy) is 1. The van der Waals surface area contributed by atoms with E-state index in [4.69, 9.17) is 4.74 Å². The van der Waals surface area contributed by atoms with Gasteiger partial charge in [-0.05, 0) is 0 Å². The van der Waals surface area contributed by atoms with Gasteiger partial charge < -0.3 is 0 Å². The van der Waals surface area contributed by atoms with Crippen molar-refractivity contribution in [1.29, 1.82) is 0 Å². The maximum absolute atomic E-state index is 13.0. The van der Waals surface area contributed by atoms with Crippen LogP contribution in [0, 0.1) is 0 Å². The fraction of sp³-hybridized carbons (Fsp3) is 0.667. The van der Waals surface area contributed by atoms with Gasteiger partial charge in [0.05, 0.1) is 0 Å². The van der Waals surface area contributed by atoms with E-state index in [-0.39, 0.29) is 10.1 Å². The second-order valence-electron chi connectivity index (χ2n) is 8.95. The van der Waals surface area contributed by atoms with Gasteiger partial charge in [-0.1, -0.05) is 0 Å². The van der Waals surface area contributed by atoms with Crippen molar-refractivity contribution in [3.63, 3.8) is 0 Å². The molecule has 3 heteroatoms. The predicted octanol–water partition coefficient (Wildman–Crippen LogP) is 6.48. The monoisotopic (exact) mass is 440 g/mol. The second-order valence-corrected chi connectivity index (χ2v) is 24.8. The summed E-state index contributed by atoms with van der Waals surface area (Å²) in [7, 11) is 0. The Labute approximate surface area is 153 Å². The number of benzene rings is 1. The molecule has 1 atom stereocenters. The van der Waals surface area contributed by atoms with Crippen molar-refractivity contribution >= 4 is 24.3 Å². The van der Waals surface area contributed by atoms with Crippen molar-refractivity contribution in [2.45, 2.75) is 85.2 Å². The van der Waals surface area contributed by atoms with Gasteiger partial charge in [0.15, 0.2) is 0 Å². The number of carbonyl (C=O) groups is 1. The third kappa shape index (κ3) is 5.24. The Bertz CT molecular complexity index is 551. The molecule has 1 aromatic rings. The minimum absolute atomic E-state index is 0.0802. The zero-order valence-corrected chi connectivity index (χ0v) is 20.1. The molecule has 0 aromatic heterocycles. The molecule has 0 radical (unpaired) electrons. The Morgan fingerprint density at radius 3 is 1.54 bits per heavy atom. The van der Waals surface area contributed by atoms with Crippen molar-refractivity contribution in [2.24, 2.45) is 0 Å². The molecule has 0 N–H and O–H groups in total. The van der Waals surface area contributed by atoms with Crippen molar-refractivity contribution < 1.29 is 9.53 Å². The van der Waals surface area contributed by atoms with E-state index in [1.54, 1.807) is 0 Å². The van der Waals surface area contributed by atoms with E-state index in [1.807, 2.05) is 0 Å². The van der Waals surface area contributed by atoms with E-state index < -0.39 is 18.4 Å². The molecule has 0 aliphatic rings. The SMILES string of the molecule is CC(C)c1cc(C(C)C)c(C(=O)O[C@H](C)[Sn]([CH3])([CH3])[CH3])c(C(C)C)c1. The van der Waals surface area contributed by atoms with Crippen LogP contribution in [-0.4, -0.2) is 28.5 Å². The first-order valence-corrected chi connectivity index (χ1v) is 19.5. The van der Waals surface area contributed by atoms with Crippen LogP contribution >= 0.6 is 0 Å². The predicted molar refractivity (Wildman–Crippen MR) is 107 cm³/mol. The summed E-state index contributed by atoms with van der Waals surface area (Å²) in [6.45, 7) is 15.1. The number of hydrogen-bond acceptors (Lipinski definition) is 2. The van der Waals surface area contributed by atoms with Gasteiger partial charge >= 0.3 is 153 Å². The molecule has 0 aliphatic carbocycles. The summed E-state index contributed by atoms with van der Waals surface area (Å²) in [5.41, 5.74) is 4.38. The summed E-state index contributed by atoms with van der Waals surface area (Å²) >= 11 is -2.26. The normalized spacial score (nSPS) is 13.7. The molecule has 1 rings (SSSR count). The van der Waals surface area contributed by atoms with E-state index in [9.17, 15) is 4.79 Å². The van der Waals surface area contributed by atoms with Crippen LogP contribution in [0.1, 0.15) is 93.3 Å². The van der Waals surface area contributed by atoms with Crippen molar-refractivity contribution in [3.8, 4) is 0 Å². The first-order chi connectivity index (χ1) is 10.9. The quantitative estimate of drug-likeness (QED) is 0.375. The van der Waals surface area contributed by atoms with Gasteiger partial charge in [-0.25, -0.2) is 0 Å². The molecule has 136 valence electrons. The molecular formula is C21H36O2Sn. The fourth-order valence-corrected chi connectivity index (χ4v) is 3.90. The van der Waals surface area contributed by atoms with Gasteiger partial charge in [-0.15, -0.1) is 0 Å². The Kier molecular flexibility index (Phi) is 7.40. The van der Waals surface area contributed by atoms with E-state index in [1.165, 1.54) is 5.56 Å². The van der Waals surface area contributed by atoms with Crippen LogP contribution in [0.5, 0.6) is 0 Å². The Balaban J connectivity index is 3.46. The number of esters is 1. The summed E-state index contributed by atoms with van der Waals surface area (Å²) < 4.78 is 6.02. The minimum atomic E-state index is -2.26. The Hall–Kier alpha value is -0.511. The van der Waals surface area contributed by atoms with Crippen molar-refractivity contribution in [2.75, 3.05) is 0 Å². The zero-order valence-electron chi connectivity index (χ0n) is 17.3. The van der Waals surface area contributed by atoms with Gasteiger partial charge in [0.1, 0.15) is 0 Å². The zero-order chi connectivity index (χ0) is 18.8.